The number of halogens is 1. The first-order valence-corrected chi connectivity index (χ1v) is 10.0. The van der Waals surface area contributed by atoms with Gasteiger partial charge in [-0.15, -0.1) is 24.0 Å². The van der Waals surface area contributed by atoms with Crippen LogP contribution in [0.5, 0.6) is 0 Å². The minimum atomic E-state index is 0. The van der Waals surface area contributed by atoms with E-state index >= 15 is 0 Å². The zero-order chi connectivity index (χ0) is 18.7. The maximum atomic E-state index is 5.43. The monoisotopic (exact) mass is 483 g/mol. The number of hydrogen-bond donors (Lipinski definition) is 2. The molecule has 2 N–H and O–H groups in total. The molecule has 0 aromatic rings. The molecule has 1 unspecified atom stereocenters. The van der Waals surface area contributed by atoms with Gasteiger partial charge in [-0.3, -0.25) is 14.8 Å². The first-order chi connectivity index (χ1) is 12.0. The average molecular weight is 483 g/mol. The highest BCUT2D eigenvalue weighted by molar-refractivity contribution is 14.0. The summed E-state index contributed by atoms with van der Waals surface area (Å²) in [4.78, 5) is 9.77. The van der Waals surface area contributed by atoms with Crippen LogP contribution in [0.15, 0.2) is 4.99 Å². The van der Waals surface area contributed by atoms with E-state index in [0.717, 1.165) is 64.9 Å². The van der Waals surface area contributed by atoms with Gasteiger partial charge in [0.15, 0.2) is 5.96 Å². The molecule has 1 saturated heterocycles. The summed E-state index contributed by atoms with van der Waals surface area (Å²) in [5, 5.41) is 6.84. The minimum absolute atomic E-state index is 0. The Balaban J connectivity index is 0.00000625. The highest BCUT2D eigenvalue weighted by Gasteiger charge is 2.16. The molecular weight excluding hydrogens is 441 g/mol. The van der Waals surface area contributed by atoms with Gasteiger partial charge in [0.05, 0.1) is 19.8 Å². The van der Waals surface area contributed by atoms with Crippen LogP contribution in [0.1, 0.15) is 48.0 Å². The Morgan fingerprint density at radius 1 is 1.08 bits per heavy atom. The summed E-state index contributed by atoms with van der Waals surface area (Å²) in [5.74, 6) is 0.934. The quantitative estimate of drug-likeness (QED) is 0.216. The number of guanidine groups is 1. The Hall–Kier alpha value is -0.120. The number of nitrogens with one attached hydrogen (secondary N) is 2. The van der Waals surface area contributed by atoms with Crippen LogP contribution in [0, 0.1) is 0 Å². The van der Waals surface area contributed by atoms with Crippen molar-refractivity contribution in [2.75, 3.05) is 52.5 Å². The molecule has 0 bridgehead atoms. The topological polar surface area (TPSA) is 52.1 Å². The van der Waals surface area contributed by atoms with Crippen molar-refractivity contribution < 1.29 is 4.74 Å². The van der Waals surface area contributed by atoms with Crippen LogP contribution in [-0.2, 0) is 4.74 Å². The number of hydrogen-bond acceptors (Lipinski definition) is 4. The van der Waals surface area contributed by atoms with E-state index in [9.17, 15) is 0 Å². The zero-order valence-corrected chi connectivity index (χ0v) is 20.1. The van der Waals surface area contributed by atoms with E-state index in [0.29, 0.717) is 18.1 Å². The summed E-state index contributed by atoms with van der Waals surface area (Å²) < 4.78 is 5.43. The Bertz CT molecular complexity index is 365. The molecule has 26 heavy (non-hydrogen) atoms. The van der Waals surface area contributed by atoms with Gasteiger partial charge < -0.3 is 15.4 Å². The maximum absolute atomic E-state index is 5.43. The van der Waals surface area contributed by atoms with Crippen molar-refractivity contribution in [1.82, 2.24) is 20.4 Å². The zero-order valence-electron chi connectivity index (χ0n) is 17.8. The van der Waals surface area contributed by atoms with Crippen LogP contribution in [-0.4, -0.2) is 86.4 Å². The van der Waals surface area contributed by atoms with Crippen LogP contribution in [0.2, 0.25) is 0 Å². The van der Waals surface area contributed by atoms with E-state index in [4.69, 9.17) is 9.73 Å². The fourth-order valence-corrected chi connectivity index (χ4v) is 3.28. The van der Waals surface area contributed by atoms with Crippen molar-refractivity contribution in [3.63, 3.8) is 0 Å². The molecule has 0 radical (unpaired) electrons. The van der Waals surface area contributed by atoms with E-state index in [1.54, 1.807) is 0 Å². The lowest BCUT2D eigenvalue weighted by molar-refractivity contribution is 0.0220. The van der Waals surface area contributed by atoms with E-state index < -0.39 is 0 Å². The summed E-state index contributed by atoms with van der Waals surface area (Å²) in [7, 11) is 0. The van der Waals surface area contributed by atoms with Crippen molar-refractivity contribution in [2.24, 2.45) is 4.99 Å². The highest BCUT2D eigenvalue weighted by Crippen LogP contribution is 2.05. The Labute approximate surface area is 178 Å². The number of aliphatic imine (C=N–C) groups is 1. The second-order valence-electron chi connectivity index (χ2n) is 7.42. The molecule has 1 fully saturated rings. The molecule has 0 spiro atoms. The standard InChI is InChI=1S/C19H41N5O.HI/c1-7-20-19(21-9-8-10-24(16(2)3)17(4)5)22-15-18(6)23-11-13-25-14-12-23;/h16-18H,7-15H2,1-6H3,(H2,20,21,22);1H. The van der Waals surface area contributed by atoms with Crippen molar-refractivity contribution in [2.45, 2.75) is 66.1 Å². The van der Waals surface area contributed by atoms with Gasteiger partial charge in [0.25, 0.3) is 0 Å². The normalized spacial score (nSPS) is 17.5. The molecule has 156 valence electrons. The molecule has 0 aliphatic carbocycles. The number of ether oxygens (including phenoxy) is 1. The van der Waals surface area contributed by atoms with E-state index in [-0.39, 0.29) is 24.0 Å². The molecule has 1 atom stereocenters. The largest absolute Gasteiger partial charge is 0.379 e. The number of rotatable bonds is 10. The van der Waals surface area contributed by atoms with Gasteiger partial charge in [-0.1, -0.05) is 0 Å². The fourth-order valence-electron chi connectivity index (χ4n) is 3.28. The van der Waals surface area contributed by atoms with E-state index in [1.807, 2.05) is 0 Å². The molecular formula is C19H42IN5O. The molecule has 0 amide bonds. The molecule has 1 aliphatic rings. The Morgan fingerprint density at radius 2 is 1.69 bits per heavy atom. The summed E-state index contributed by atoms with van der Waals surface area (Å²) in [6.07, 6.45) is 1.12. The SMILES string of the molecule is CCNC(=NCC(C)N1CCOCC1)NCCCN(C(C)C)C(C)C.I. The summed E-state index contributed by atoms with van der Waals surface area (Å²) in [6, 6.07) is 1.64. The van der Waals surface area contributed by atoms with Gasteiger partial charge >= 0.3 is 0 Å². The molecule has 0 aromatic carbocycles. The van der Waals surface area contributed by atoms with Crippen LogP contribution in [0.3, 0.4) is 0 Å². The summed E-state index contributed by atoms with van der Waals surface area (Å²) >= 11 is 0. The Morgan fingerprint density at radius 3 is 2.23 bits per heavy atom. The lowest BCUT2D eigenvalue weighted by Crippen LogP contribution is -2.45. The number of morpholine rings is 1. The smallest absolute Gasteiger partial charge is 0.191 e. The first kappa shape index (κ1) is 25.9. The fraction of sp³-hybridized carbons (Fsp3) is 0.947. The predicted molar refractivity (Wildman–Crippen MR) is 123 cm³/mol. The van der Waals surface area contributed by atoms with Gasteiger partial charge in [0.1, 0.15) is 0 Å². The molecule has 0 saturated carbocycles. The summed E-state index contributed by atoms with van der Waals surface area (Å²) in [6.45, 7) is 20.9. The third kappa shape index (κ3) is 10.3. The first-order valence-electron chi connectivity index (χ1n) is 10.0. The molecule has 1 aliphatic heterocycles. The van der Waals surface area contributed by atoms with E-state index in [1.165, 1.54) is 0 Å². The number of nitrogens with zero attached hydrogens (tertiary/aromatic N) is 3. The van der Waals surface area contributed by atoms with Gasteiger partial charge in [-0.05, 0) is 48.0 Å². The molecule has 0 aromatic heterocycles. The molecule has 7 heteroatoms. The molecule has 6 nitrogen and oxygen atoms in total. The van der Waals surface area contributed by atoms with Gasteiger partial charge in [-0.2, -0.15) is 0 Å². The van der Waals surface area contributed by atoms with E-state index in [2.05, 4.69) is 62.0 Å². The van der Waals surface area contributed by atoms with Gasteiger partial charge in [0, 0.05) is 50.8 Å². The van der Waals surface area contributed by atoms with Crippen molar-refractivity contribution in [3.8, 4) is 0 Å². The second-order valence-corrected chi connectivity index (χ2v) is 7.42. The van der Waals surface area contributed by atoms with Crippen LogP contribution in [0.4, 0.5) is 0 Å². The molecule has 1 heterocycles. The minimum Gasteiger partial charge on any atom is -0.379 e. The van der Waals surface area contributed by atoms with Gasteiger partial charge in [-0.25, -0.2) is 0 Å². The van der Waals surface area contributed by atoms with Crippen LogP contribution >= 0.6 is 24.0 Å². The maximum Gasteiger partial charge on any atom is 0.191 e. The van der Waals surface area contributed by atoms with Gasteiger partial charge in [0.2, 0.25) is 0 Å². The predicted octanol–water partition coefficient (Wildman–Crippen LogP) is 2.39. The third-order valence-corrected chi connectivity index (χ3v) is 4.74. The van der Waals surface area contributed by atoms with Crippen LogP contribution in [0.25, 0.3) is 0 Å². The summed E-state index contributed by atoms with van der Waals surface area (Å²) in [5.41, 5.74) is 0. The third-order valence-electron chi connectivity index (χ3n) is 4.74. The van der Waals surface area contributed by atoms with Crippen molar-refractivity contribution >= 4 is 29.9 Å². The molecule has 1 rings (SSSR count). The van der Waals surface area contributed by atoms with Crippen molar-refractivity contribution in [3.05, 3.63) is 0 Å². The average Bonchev–Trinajstić information content (AvgIpc) is 2.59. The van der Waals surface area contributed by atoms with Crippen molar-refractivity contribution in [1.29, 1.82) is 0 Å². The highest BCUT2D eigenvalue weighted by atomic mass is 127. The van der Waals surface area contributed by atoms with Crippen LogP contribution < -0.4 is 10.6 Å². The lowest BCUT2D eigenvalue weighted by atomic mass is 10.2. The Kier molecular flexibility index (Phi) is 14.8. The lowest BCUT2D eigenvalue weighted by Gasteiger charge is -2.31. The second kappa shape index (κ2) is 14.9.